The highest BCUT2D eigenvalue weighted by molar-refractivity contribution is 6.00. The van der Waals surface area contributed by atoms with E-state index in [1.807, 2.05) is 55.5 Å². The average molecular weight is 361 g/mol. The quantitative estimate of drug-likeness (QED) is 0.742. The van der Waals surface area contributed by atoms with Crippen LogP contribution >= 0.6 is 0 Å². The van der Waals surface area contributed by atoms with Gasteiger partial charge in [0.25, 0.3) is 5.91 Å². The number of amides is 1. The lowest BCUT2D eigenvalue weighted by molar-refractivity contribution is 0.0931. The first-order chi connectivity index (χ1) is 13.2. The molecule has 1 fully saturated rings. The molecule has 0 spiro atoms. The van der Waals surface area contributed by atoms with Crippen molar-refractivity contribution >= 4 is 5.91 Å². The lowest BCUT2D eigenvalue weighted by atomic mass is 10.0. The molecule has 0 bridgehead atoms. The lowest BCUT2D eigenvalue weighted by Gasteiger charge is -2.24. The number of oxazole rings is 1. The van der Waals surface area contributed by atoms with Crippen molar-refractivity contribution in [1.29, 1.82) is 0 Å². The van der Waals surface area contributed by atoms with E-state index in [9.17, 15) is 4.79 Å². The van der Waals surface area contributed by atoms with E-state index in [0.717, 1.165) is 31.5 Å². The Morgan fingerprint density at radius 3 is 2.78 bits per heavy atom. The number of hydrogen-bond donors (Lipinski definition) is 2. The summed E-state index contributed by atoms with van der Waals surface area (Å²) >= 11 is 0. The van der Waals surface area contributed by atoms with Gasteiger partial charge in [0, 0.05) is 23.7 Å². The Labute approximate surface area is 158 Å². The fourth-order valence-electron chi connectivity index (χ4n) is 3.36. The molecule has 138 valence electrons. The van der Waals surface area contributed by atoms with E-state index in [4.69, 9.17) is 4.42 Å². The van der Waals surface area contributed by atoms with Crippen molar-refractivity contribution in [3.63, 3.8) is 0 Å². The van der Waals surface area contributed by atoms with Crippen LogP contribution in [0.5, 0.6) is 0 Å². The zero-order valence-electron chi connectivity index (χ0n) is 15.4. The van der Waals surface area contributed by atoms with Crippen LogP contribution in [-0.2, 0) is 0 Å². The third-order valence-corrected chi connectivity index (χ3v) is 4.88. The Hall–Kier alpha value is -2.92. The number of piperidine rings is 1. The van der Waals surface area contributed by atoms with Gasteiger partial charge >= 0.3 is 0 Å². The van der Waals surface area contributed by atoms with Gasteiger partial charge in [0.05, 0.1) is 11.8 Å². The highest BCUT2D eigenvalue weighted by atomic mass is 16.4. The highest BCUT2D eigenvalue weighted by Crippen LogP contribution is 2.28. The predicted octanol–water partition coefficient (Wildman–Crippen LogP) is 3.80. The smallest absolute Gasteiger partial charge is 0.252 e. The van der Waals surface area contributed by atoms with Crippen molar-refractivity contribution in [3.05, 3.63) is 65.9 Å². The molecule has 0 radical (unpaired) electrons. The predicted molar refractivity (Wildman–Crippen MR) is 105 cm³/mol. The lowest BCUT2D eigenvalue weighted by Crippen LogP contribution is -2.45. The van der Waals surface area contributed by atoms with Crippen molar-refractivity contribution in [3.8, 4) is 22.8 Å². The van der Waals surface area contributed by atoms with E-state index in [-0.39, 0.29) is 11.9 Å². The van der Waals surface area contributed by atoms with Gasteiger partial charge in [-0.1, -0.05) is 42.0 Å². The number of hydrogen-bond acceptors (Lipinski definition) is 4. The molecule has 2 aromatic carbocycles. The summed E-state index contributed by atoms with van der Waals surface area (Å²) in [5.41, 5.74) is 3.45. The maximum atomic E-state index is 12.8. The molecule has 1 amide bonds. The number of aromatic nitrogens is 1. The molecule has 5 nitrogen and oxygen atoms in total. The molecule has 27 heavy (non-hydrogen) atoms. The molecule has 5 heteroatoms. The number of aryl methyl sites for hydroxylation is 1. The van der Waals surface area contributed by atoms with Gasteiger partial charge in [0.1, 0.15) is 0 Å². The first-order valence-corrected chi connectivity index (χ1v) is 9.34. The second kappa shape index (κ2) is 7.76. The molecular formula is C22H23N3O2. The van der Waals surface area contributed by atoms with E-state index in [1.165, 1.54) is 5.56 Å². The number of carbonyl (C=O) groups excluding carboxylic acids is 1. The van der Waals surface area contributed by atoms with E-state index < -0.39 is 0 Å². The van der Waals surface area contributed by atoms with Crippen LogP contribution in [0.25, 0.3) is 22.8 Å². The number of nitrogens with one attached hydrogen (secondary N) is 2. The van der Waals surface area contributed by atoms with Crippen LogP contribution in [0, 0.1) is 6.92 Å². The summed E-state index contributed by atoms with van der Waals surface area (Å²) in [5, 5.41) is 6.44. The fraction of sp³-hybridized carbons (Fsp3) is 0.273. The number of nitrogens with zero attached hydrogens (tertiary/aromatic N) is 1. The minimum atomic E-state index is -0.0885. The minimum Gasteiger partial charge on any atom is -0.436 e. The first-order valence-electron chi connectivity index (χ1n) is 9.34. The molecule has 1 atom stereocenters. The van der Waals surface area contributed by atoms with Crippen LogP contribution in [0.3, 0.4) is 0 Å². The van der Waals surface area contributed by atoms with Crippen molar-refractivity contribution in [2.75, 3.05) is 13.1 Å². The van der Waals surface area contributed by atoms with E-state index in [0.29, 0.717) is 22.8 Å². The standard InChI is InChI=1S/C22H23N3O2/c1-15-8-10-16(11-9-15)20-14-24-22(27-20)19-7-3-2-6-18(19)21(26)25-17-5-4-12-23-13-17/h2-3,6-11,14,17,23H,4-5,12-13H2,1H3,(H,25,26). The van der Waals surface area contributed by atoms with Gasteiger partial charge in [-0.15, -0.1) is 0 Å². The molecule has 1 aliphatic rings. The van der Waals surface area contributed by atoms with Crippen LogP contribution in [0.4, 0.5) is 0 Å². The Morgan fingerprint density at radius 2 is 2.00 bits per heavy atom. The Morgan fingerprint density at radius 1 is 1.19 bits per heavy atom. The van der Waals surface area contributed by atoms with Crippen molar-refractivity contribution in [1.82, 2.24) is 15.6 Å². The molecule has 1 unspecified atom stereocenters. The number of rotatable bonds is 4. The molecular weight excluding hydrogens is 338 g/mol. The molecule has 4 rings (SSSR count). The summed E-state index contributed by atoms with van der Waals surface area (Å²) in [7, 11) is 0. The maximum Gasteiger partial charge on any atom is 0.252 e. The zero-order valence-corrected chi connectivity index (χ0v) is 15.4. The second-order valence-electron chi connectivity index (χ2n) is 6.96. The Balaban J connectivity index is 1.59. The van der Waals surface area contributed by atoms with Crippen LogP contribution < -0.4 is 10.6 Å². The van der Waals surface area contributed by atoms with Crippen LogP contribution in [0.1, 0.15) is 28.8 Å². The summed E-state index contributed by atoms with van der Waals surface area (Å²) in [6.45, 7) is 3.87. The van der Waals surface area contributed by atoms with Crippen LogP contribution in [0.15, 0.2) is 59.1 Å². The van der Waals surface area contributed by atoms with Gasteiger partial charge in [-0.05, 0) is 38.4 Å². The van der Waals surface area contributed by atoms with Gasteiger partial charge in [-0.2, -0.15) is 0 Å². The Kier molecular flexibility index (Phi) is 5.03. The van der Waals surface area contributed by atoms with Crippen molar-refractivity contribution in [2.24, 2.45) is 0 Å². The summed E-state index contributed by atoms with van der Waals surface area (Å²) in [6, 6.07) is 15.7. The summed E-state index contributed by atoms with van der Waals surface area (Å²) in [5.74, 6) is 1.06. The Bertz CT molecular complexity index is 925. The van der Waals surface area contributed by atoms with Gasteiger partial charge in [-0.25, -0.2) is 4.98 Å². The van der Waals surface area contributed by atoms with E-state index in [1.54, 1.807) is 6.20 Å². The first kappa shape index (κ1) is 17.5. The third-order valence-electron chi connectivity index (χ3n) is 4.88. The maximum absolute atomic E-state index is 12.8. The SMILES string of the molecule is Cc1ccc(-c2cnc(-c3ccccc3C(=O)NC3CCCNC3)o2)cc1. The average Bonchev–Trinajstić information content (AvgIpc) is 3.19. The van der Waals surface area contributed by atoms with Gasteiger partial charge < -0.3 is 15.1 Å². The number of benzene rings is 2. The molecule has 1 saturated heterocycles. The van der Waals surface area contributed by atoms with Crippen LogP contribution in [-0.4, -0.2) is 30.0 Å². The monoisotopic (exact) mass is 361 g/mol. The molecule has 1 aromatic heterocycles. The minimum absolute atomic E-state index is 0.0885. The van der Waals surface area contributed by atoms with Crippen LogP contribution in [0.2, 0.25) is 0 Å². The fourth-order valence-corrected chi connectivity index (χ4v) is 3.36. The van der Waals surface area contributed by atoms with Crippen molar-refractivity contribution in [2.45, 2.75) is 25.8 Å². The summed E-state index contributed by atoms with van der Waals surface area (Å²) in [6.07, 6.45) is 3.78. The molecule has 1 aliphatic heterocycles. The number of carbonyl (C=O) groups is 1. The van der Waals surface area contributed by atoms with Gasteiger partial charge in [0.2, 0.25) is 5.89 Å². The van der Waals surface area contributed by atoms with Crippen molar-refractivity contribution < 1.29 is 9.21 Å². The zero-order chi connectivity index (χ0) is 18.6. The molecule has 0 aliphatic carbocycles. The van der Waals surface area contributed by atoms with E-state index in [2.05, 4.69) is 15.6 Å². The topological polar surface area (TPSA) is 67.2 Å². The summed E-state index contributed by atoms with van der Waals surface area (Å²) in [4.78, 5) is 17.2. The normalized spacial score (nSPS) is 16.9. The molecule has 2 N–H and O–H groups in total. The second-order valence-corrected chi connectivity index (χ2v) is 6.96. The highest BCUT2D eigenvalue weighted by Gasteiger charge is 2.20. The van der Waals surface area contributed by atoms with Gasteiger partial charge in [-0.3, -0.25) is 4.79 Å². The summed E-state index contributed by atoms with van der Waals surface area (Å²) < 4.78 is 5.97. The van der Waals surface area contributed by atoms with Gasteiger partial charge in [0.15, 0.2) is 5.76 Å². The largest absolute Gasteiger partial charge is 0.436 e. The van der Waals surface area contributed by atoms with E-state index >= 15 is 0 Å². The molecule has 2 heterocycles. The molecule has 3 aromatic rings. The molecule has 0 saturated carbocycles. The third kappa shape index (κ3) is 3.93.